The largest absolute Gasteiger partial charge is 0.306 e. The van der Waals surface area contributed by atoms with Crippen LogP contribution in [0.1, 0.15) is 16.8 Å². The zero-order chi connectivity index (χ0) is 18.8. The number of aromatic nitrogens is 3. The highest BCUT2D eigenvalue weighted by Gasteiger charge is 2.23. The minimum Gasteiger partial charge on any atom is -0.306 e. The highest BCUT2D eigenvalue weighted by atomic mass is 16.6. The first kappa shape index (κ1) is 17.0. The van der Waals surface area contributed by atoms with Crippen LogP contribution < -0.4 is 5.56 Å². The first-order chi connectivity index (χ1) is 13.1. The van der Waals surface area contributed by atoms with Crippen molar-refractivity contribution in [3.05, 3.63) is 86.1 Å². The summed E-state index contributed by atoms with van der Waals surface area (Å²) in [6.07, 6.45) is 3.94. The van der Waals surface area contributed by atoms with E-state index in [-0.39, 0.29) is 16.2 Å². The Kier molecular flexibility index (Phi) is 4.47. The van der Waals surface area contributed by atoms with E-state index in [0.29, 0.717) is 43.0 Å². The number of nitro benzene ring substituents is 1. The van der Waals surface area contributed by atoms with Crippen LogP contribution in [0, 0.1) is 10.1 Å². The number of benzene rings is 1. The molecule has 4 rings (SSSR count). The highest BCUT2D eigenvalue weighted by Crippen LogP contribution is 2.23. The lowest BCUT2D eigenvalue weighted by molar-refractivity contribution is -0.385. The molecule has 0 bridgehead atoms. The number of hydrogen-bond donors (Lipinski definition) is 1. The van der Waals surface area contributed by atoms with Crippen molar-refractivity contribution < 1.29 is 4.92 Å². The van der Waals surface area contributed by atoms with Crippen molar-refractivity contribution in [3.8, 4) is 11.4 Å². The van der Waals surface area contributed by atoms with E-state index in [0.717, 1.165) is 11.3 Å². The van der Waals surface area contributed by atoms with E-state index in [1.54, 1.807) is 42.7 Å². The molecule has 0 radical (unpaired) electrons. The van der Waals surface area contributed by atoms with Gasteiger partial charge >= 0.3 is 0 Å². The molecule has 1 aliphatic rings. The molecule has 8 nitrogen and oxygen atoms in total. The molecule has 0 fully saturated rings. The molecule has 1 N–H and O–H groups in total. The molecule has 8 heteroatoms. The van der Waals surface area contributed by atoms with Gasteiger partial charge in [-0.25, -0.2) is 4.98 Å². The molecular weight excluding hydrogens is 346 g/mol. The quantitative estimate of drug-likeness (QED) is 0.563. The fourth-order valence-corrected chi connectivity index (χ4v) is 3.33. The molecule has 27 heavy (non-hydrogen) atoms. The van der Waals surface area contributed by atoms with Gasteiger partial charge in [0, 0.05) is 55.6 Å². The number of nitrogens with one attached hydrogen (secondary N) is 1. The first-order valence-electron chi connectivity index (χ1n) is 8.59. The van der Waals surface area contributed by atoms with Gasteiger partial charge in [-0.1, -0.05) is 18.2 Å². The third-order valence-corrected chi connectivity index (χ3v) is 4.68. The summed E-state index contributed by atoms with van der Waals surface area (Å²) in [6, 6.07) is 10.3. The van der Waals surface area contributed by atoms with Gasteiger partial charge in [-0.15, -0.1) is 0 Å². The van der Waals surface area contributed by atoms with Gasteiger partial charge in [-0.2, -0.15) is 0 Å². The van der Waals surface area contributed by atoms with Crippen LogP contribution in [0.15, 0.2) is 53.6 Å². The number of hydrogen-bond acceptors (Lipinski definition) is 6. The normalized spacial score (nSPS) is 13.9. The van der Waals surface area contributed by atoms with Crippen molar-refractivity contribution in [3.63, 3.8) is 0 Å². The lowest BCUT2D eigenvalue weighted by Gasteiger charge is -2.27. The fraction of sp³-hybridized carbons (Fsp3) is 0.211. The number of nitro groups is 1. The van der Waals surface area contributed by atoms with Crippen molar-refractivity contribution in [1.29, 1.82) is 0 Å². The fourth-order valence-electron chi connectivity index (χ4n) is 3.33. The molecular formula is C19H17N5O3. The van der Waals surface area contributed by atoms with E-state index < -0.39 is 0 Å². The molecule has 3 heterocycles. The van der Waals surface area contributed by atoms with Crippen molar-refractivity contribution in [2.45, 2.75) is 19.5 Å². The zero-order valence-corrected chi connectivity index (χ0v) is 14.5. The van der Waals surface area contributed by atoms with Crippen LogP contribution in [0.3, 0.4) is 0 Å². The number of pyridine rings is 1. The summed E-state index contributed by atoms with van der Waals surface area (Å²) in [5.41, 5.74) is 2.79. The summed E-state index contributed by atoms with van der Waals surface area (Å²) < 4.78 is 0. The van der Waals surface area contributed by atoms with E-state index in [1.807, 2.05) is 4.90 Å². The standard InChI is InChI=1S/C19H17N5O3/c25-19-15-12-23(11-14-3-1-2-4-17(14)24(26)27)10-7-16(15)21-18(22-19)13-5-8-20-9-6-13/h1-6,8-9H,7,10-12H2,(H,21,22,25). The van der Waals surface area contributed by atoms with E-state index in [2.05, 4.69) is 15.0 Å². The zero-order valence-electron chi connectivity index (χ0n) is 14.5. The van der Waals surface area contributed by atoms with Gasteiger partial charge in [0.2, 0.25) is 0 Å². The SMILES string of the molecule is O=c1[nH]c(-c2ccncc2)nc2c1CN(Cc1ccccc1[N+](=O)[O-])CC2. The summed E-state index contributed by atoms with van der Waals surface area (Å²) in [5, 5.41) is 11.2. The predicted octanol–water partition coefficient (Wildman–Crippen LogP) is 2.30. The van der Waals surface area contributed by atoms with Crippen LogP contribution in [-0.4, -0.2) is 31.3 Å². The third-order valence-electron chi connectivity index (χ3n) is 4.68. The molecule has 3 aromatic rings. The van der Waals surface area contributed by atoms with Gasteiger partial charge in [0.15, 0.2) is 0 Å². The minimum absolute atomic E-state index is 0.100. The van der Waals surface area contributed by atoms with Crippen molar-refractivity contribution in [2.24, 2.45) is 0 Å². The molecule has 136 valence electrons. The molecule has 0 amide bonds. The van der Waals surface area contributed by atoms with E-state index in [9.17, 15) is 14.9 Å². The lowest BCUT2D eigenvalue weighted by atomic mass is 10.0. The van der Waals surface area contributed by atoms with Crippen LogP contribution in [0.5, 0.6) is 0 Å². The second kappa shape index (κ2) is 7.08. The Morgan fingerprint density at radius 1 is 1.19 bits per heavy atom. The molecule has 1 aromatic carbocycles. The molecule has 0 spiro atoms. The summed E-state index contributed by atoms with van der Waals surface area (Å²) in [7, 11) is 0. The average Bonchev–Trinajstić information content (AvgIpc) is 2.69. The Balaban J connectivity index is 1.59. The molecule has 1 aliphatic heterocycles. The van der Waals surface area contributed by atoms with Crippen LogP contribution >= 0.6 is 0 Å². The first-order valence-corrected chi connectivity index (χ1v) is 8.59. The van der Waals surface area contributed by atoms with Crippen molar-refractivity contribution >= 4 is 5.69 Å². The summed E-state index contributed by atoms with van der Waals surface area (Å²) in [5.74, 6) is 0.535. The predicted molar refractivity (Wildman–Crippen MR) is 99.0 cm³/mol. The molecule has 0 aliphatic carbocycles. The van der Waals surface area contributed by atoms with Crippen LogP contribution in [0.4, 0.5) is 5.69 Å². The Bertz CT molecular complexity index is 1050. The van der Waals surface area contributed by atoms with Gasteiger partial charge in [-0.05, 0) is 12.1 Å². The van der Waals surface area contributed by atoms with Crippen LogP contribution in [0.2, 0.25) is 0 Å². The van der Waals surface area contributed by atoms with E-state index in [4.69, 9.17) is 0 Å². The summed E-state index contributed by atoms with van der Waals surface area (Å²) in [4.78, 5) is 36.9. The van der Waals surface area contributed by atoms with Gasteiger partial charge in [0.1, 0.15) is 5.82 Å². The lowest BCUT2D eigenvalue weighted by Crippen LogP contribution is -2.35. The minimum atomic E-state index is -0.372. The highest BCUT2D eigenvalue weighted by molar-refractivity contribution is 5.54. The second-order valence-electron chi connectivity index (χ2n) is 6.42. The van der Waals surface area contributed by atoms with Crippen LogP contribution in [-0.2, 0) is 19.5 Å². The summed E-state index contributed by atoms with van der Waals surface area (Å²) >= 11 is 0. The van der Waals surface area contributed by atoms with E-state index in [1.165, 1.54) is 6.07 Å². The number of rotatable bonds is 4. The number of para-hydroxylation sites is 1. The summed E-state index contributed by atoms with van der Waals surface area (Å²) in [6.45, 7) is 1.52. The Hall–Kier alpha value is -3.39. The topological polar surface area (TPSA) is 105 Å². The molecule has 0 atom stereocenters. The smallest absolute Gasteiger partial charge is 0.273 e. The molecule has 0 saturated carbocycles. The van der Waals surface area contributed by atoms with Crippen LogP contribution in [0.25, 0.3) is 11.4 Å². The number of H-pyrrole nitrogens is 1. The molecule has 0 unspecified atom stereocenters. The number of nitrogens with zero attached hydrogens (tertiary/aromatic N) is 4. The Morgan fingerprint density at radius 3 is 2.74 bits per heavy atom. The molecule has 0 saturated heterocycles. The van der Waals surface area contributed by atoms with Crippen molar-refractivity contribution in [1.82, 2.24) is 19.9 Å². The maximum absolute atomic E-state index is 12.6. The maximum Gasteiger partial charge on any atom is 0.273 e. The molecule has 2 aromatic heterocycles. The number of aromatic amines is 1. The third kappa shape index (κ3) is 3.47. The van der Waals surface area contributed by atoms with E-state index >= 15 is 0 Å². The Labute approximate surface area is 154 Å². The second-order valence-corrected chi connectivity index (χ2v) is 6.42. The van der Waals surface area contributed by atoms with Gasteiger partial charge in [0.25, 0.3) is 11.2 Å². The van der Waals surface area contributed by atoms with Gasteiger partial charge < -0.3 is 4.98 Å². The van der Waals surface area contributed by atoms with Gasteiger partial charge in [0.05, 0.1) is 16.2 Å². The average molecular weight is 363 g/mol. The monoisotopic (exact) mass is 363 g/mol. The number of fused-ring (bicyclic) bond motifs is 1. The Morgan fingerprint density at radius 2 is 1.96 bits per heavy atom. The van der Waals surface area contributed by atoms with Gasteiger partial charge in [-0.3, -0.25) is 24.8 Å². The van der Waals surface area contributed by atoms with Crippen molar-refractivity contribution in [2.75, 3.05) is 6.54 Å². The maximum atomic E-state index is 12.6.